The fourth-order valence-corrected chi connectivity index (χ4v) is 2.16. The second-order valence-electron chi connectivity index (χ2n) is 4.75. The highest BCUT2D eigenvalue weighted by Crippen LogP contribution is 2.21. The molecule has 0 aliphatic heterocycles. The standard InChI is InChI=1S/C17H17N3/c1-2-10-18-14-9-11-19-17(12-14)16-8-7-13-5-3-4-6-15(13)20-16/h3-9,11-12H,2,10H2,1H3,(H,18,19). The van der Waals surface area contributed by atoms with Gasteiger partial charge in [0.15, 0.2) is 0 Å². The van der Waals surface area contributed by atoms with Gasteiger partial charge in [0.2, 0.25) is 0 Å². The zero-order valence-electron chi connectivity index (χ0n) is 11.5. The van der Waals surface area contributed by atoms with Crippen LogP contribution in [0.4, 0.5) is 5.69 Å². The summed E-state index contributed by atoms with van der Waals surface area (Å²) in [5, 5.41) is 4.52. The first-order chi connectivity index (χ1) is 9.86. The van der Waals surface area contributed by atoms with Gasteiger partial charge < -0.3 is 5.32 Å². The van der Waals surface area contributed by atoms with Gasteiger partial charge >= 0.3 is 0 Å². The molecule has 100 valence electrons. The molecule has 20 heavy (non-hydrogen) atoms. The van der Waals surface area contributed by atoms with E-state index in [1.807, 2.05) is 42.6 Å². The predicted molar refractivity (Wildman–Crippen MR) is 83.8 cm³/mol. The summed E-state index contributed by atoms with van der Waals surface area (Å²) in [4.78, 5) is 9.10. The number of rotatable bonds is 4. The van der Waals surface area contributed by atoms with E-state index < -0.39 is 0 Å². The summed E-state index contributed by atoms with van der Waals surface area (Å²) in [5.74, 6) is 0. The van der Waals surface area contributed by atoms with Crippen molar-refractivity contribution in [1.82, 2.24) is 9.97 Å². The summed E-state index contributed by atoms with van der Waals surface area (Å²) < 4.78 is 0. The lowest BCUT2D eigenvalue weighted by molar-refractivity contribution is 0.979. The zero-order valence-corrected chi connectivity index (χ0v) is 11.5. The van der Waals surface area contributed by atoms with Gasteiger partial charge in [0.1, 0.15) is 0 Å². The van der Waals surface area contributed by atoms with Crippen LogP contribution in [-0.2, 0) is 0 Å². The fraction of sp³-hybridized carbons (Fsp3) is 0.176. The van der Waals surface area contributed by atoms with Crippen molar-refractivity contribution < 1.29 is 0 Å². The van der Waals surface area contributed by atoms with E-state index in [0.29, 0.717) is 0 Å². The van der Waals surface area contributed by atoms with Gasteiger partial charge in [-0.3, -0.25) is 4.98 Å². The van der Waals surface area contributed by atoms with Crippen molar-refractivity contribution in [2.24, 2.45) is 0 Å². The zero-order chi connectivity index (χ0) is 13.8. The van der Waals surface area contributed by atoms with E-state index in [1.165, 1.54) is 0 Å². The Morgan fingerprint density at radius 3 is 2.80 bits per heavy atom. The number of nitrogens with one attached hydrogen (secondary N) is 1. The van der Waals surface area contributed by atoms with Crippen molar-refractivity contribution in [3.63, 3.8) is 0 Å². The number of aromatic nitrogens is 2. The Bertz CT molecular complexity index is 722. The minimum Gasteiger partial charge on any atom is -0.385 e. The number of para-hydroxylation sites is 1. The van der Waals surface area contributed by atoms with Gasteiger partial charge in [-0.05, 0) is 30.7 Å². The van der Waals surface area contributed by atoms with Gasteiger partial charge in [0.25, 0.3) is 0 Å². The Morgan fingerprint density at radius 1 is 1.00 bits per heavy atom. The highest BCUT2D eigenvalue weighted by Gasteiger charge is 2.03. The maximum absolute atomic E-state index is 4.68. The van der Waals surface area contributed by atoms with Crippen LogP contribution in [0.5, 0.6) is 0 Å². The van der Waals surface area contributed by atoms with Crippen LogP contribution in [0, 0.1) is 0 Å². The molecule has 0 spiro atoms. The molecule has 0 fully saturated rings. The summed E-state index contributed by atoms with van der Waals surface area (Å²) in [6, 6.07) is 16.3. The van der Waals surface area contributed by atoms with E-state index in [0.717, 1.165) is 40.9 Å². The maximum Gasteiger partial charge on any atom is 0.0906 e. The van der Waals surface area contributed by atoms with E-state index in [4.69, 9.17) is 0 Å². The molecule has 2 aromatic heterocycles. The highest BCUT2D eigenvalue weighted by molar-refractivity contribution is 5.81. The van der Waals surface area contributed by atoms with E-state index >= 15 is 0 Å². The largest absolute Gasteiger partial charge is 0.385 e. The van der Waals surface area contributed by atoms with Crippen LogP contribution in [-0.4, -0.2) is 16.5 Å². The van der Waals surface area contributed by atoms with E-state index in [9.17, 15) is 0 Å². The van der Waals surface area contributed by atoms with Crippen LogP contribution in [0.3, 0.4) is 0 Å². The molecule has 2 heterocycles. The van der Waals surface area contributed by atoms with Gasteiger partial charge in [0.05, 0.1) is 16.9 Å². The molecule has 3 rings (SSSR count). The molecule has 0 atom stereocenters. The van der Waals surface area contributed by atoms with Crippen molar-refractivity contribution in [1.29, 1.82) is 0 Å². The lowest BCUT2D eigenvalue weighted by Crippen LogP contribution is -2.00. The highest BCUT2D eigenvalue weighted by atomic mass is 14.9. The quantitative estimate of drug-likeness (QED) is 0.769. The number of nitrogens with zero attached hydrogens (tertiary/aromatic N) is 2. The predicted octanol–water partition coefficient (Wildman–Crippen LogP) is 4.12. The van der Waals surface area contributed by atoms with Crippen LogP contribution in [0.25, 0.3) is 22.3 Å². The Kier molecular flexibility index (Phi) is 3.59. The summed E-state index contributed by atoms with van der Waals surface area (Å²) in [6.45, 7) is 3.12. The topological polar surface area (TPSA) is 37.8 Å². The molecule has 1 aromatic carbocycles. The first-order valence-corrected chi connectivity index (χ1v) is 6.93. The van der Waals surface area contributed by atoms with Gasteiger partial charge in [-0.15, -0.1) is 0 Å². The Morgan fingerprint density at radius 2 is 1.90 bits per heavy atom. The Labute approximate surface area is 118 Å². The number of benzene rings is 1. The summed E-state index contributed by atoms with van der Waals surface area (Å²) in [5.41, 5.74) is 3.89. The third kappa shape index (κ3) is 2.62. The SMILES string of the molecule is CCCNc1ccnc(-c2ccc3ccccc3n2)c1. The summed E-state index contributed by atoms with van der Waals surface area (Å²) in [7, 11) is 0. The number of pyridine rings is 2. The van der Waals surface area contributed by atoms with E-state index in [1.54, 1.807) is 0 Å². The molecular formula is C17H17N3. The summed E-state index contributed by atoms with van der Waals surface area (Å²) >= 11 is 0. The molecule has 0 radical (unpaired) electrons. The van der Waals surface area contributed by atoms with Crippen molar-refractivity contribution in [2.45, 2.75) is 13.3 Å². The fourth-order valence-electron chi connectivity index (χ4n) is 2.16. The molecule has 0 aliphatic rings. The van der Waals surface area contributed by atoms with Crippen molar-refractivity contribution >= 4 is 16.6 Å². The minimum absolute atomic E-state index is 0.900. The average Bonchev–Trinajstić information content (AvgIpc) is 2.53. The monoisotopic (exact) mass is 263 g/mol. The number of hydrogen-bond donors (Lipinski definition) is 1. The minimum atomic E-state index is 0.900. The molecule has 0 unspecified atom stereocenters. The van der Waals surface area contributed by atoms with Crippen LogP contribution in [0.2, 0.25) is 0 Å². The average molecular weight is 263 g/mol. The van der Waals surface area contributed by atoms with Gasteiger partial charge in [0, 0.05) is 23.8 Å². The second kappa shape index (κ2) is 5.70. The van der Waals surface area contributed by atoms with Crippen molar-refractivity contribution in [2.75, 3.05) is 11.9 Å². The molecule has 0 saturated carbocycles. The third-order valence-electron chi connectivity index (χ3n) is 3.20. The smallest absolute Gasteiger partial charge is 0.0906 e. The molecule has 0 saturated heterocycles. The van der Waals surface area contributed by atoms with Gasteiger partial charge in [-0.2, -0.15) is 0 Å². The Hall–Kier alpha value is -2.42. The first kappa shape index (κ1) is 12.6. The number of hydrogen-bond acceptors (Lipinski definition) is 3. The Balaban J connectivity index is 1.97. The molecular weight excluding hydrogens is 246 g/mol. The number of fused-ring (bicyclic) bond motifs is 1. The lowest BCUT2D eigenvalue weighted by atomic mass is 10.1. The molecule has 3 nitrogen and oxygen atoms in total. The van der Waals surface area contributed by atoms with Gasteiger partial charge in [-0.1, -0.05) is 31.2 Å². The molecule has 3 heteroatoms. The first-order valence-electron chi connectivity index (χ1n) is 6.93. The molecule has 0 amide bonds. The maximum atomic E-state index is 4.68. The molecule has 3 aromatic rings. The third-order valence-corrected chi connectivity index (χ3v) is 3.20. The molecule has 1 N–H and O–H groups in total. The van der Waals surface area contributed by atoms with E-state index in [-0.39, 0.29) is 0 Å². The van der Waals surface area contributed by atoms with Crippen LogP contribution >= 0.6 is 0 Å². The van der Waals surface area contributed by atoms with E-state index in [2.05, 4.69) is 34.3 Å². The number of anilines is 1. The lowest BCUT2D eigenvalue weighted by Gasteiger charge is -2.07. The van der Waals surface area contributed by atoms with Crippen LogP contribution in [0.15, 0.2) is 54.7 Å². The summed E-state index contributed by atoms with van der Waals surface area (Å²) in [6.07, 6.45) is 2.93. The van der Waals surface area contributed by atoms with Gasteiger partial charge in [-0.25, -0.2) is 4.98 Å². The normalized spacial score (nSPS) is 10.7. The van der Waals surface area contributed by atoms with Crippen LogP contribution < -0.4 is 5.32 Å². The van der Waals surface area contributed by atoms with Crippen molar-refractivity contribution in [3.05, 3.63) is 54.7 Å². The van der Waals surface area contributed by atoms with Crippen molar-refractivity contribution in [3.8, 4) is 11.4 Å². The molecule has 0 aliphatic carbocycles. The molecule has 0 bridgehead atoms. The van der Waals surface area contributed by atoms with Crippen LogP contribution in [0.1, 0.15) is 13.3 Å². The second-order valence-corrected chi connectivity index (χ2v) is 4.75.